The van der Waals surface area contributed by atoms with E-state index < -0.39 is 0 Å². The molecule has 0 radical (unpaired) electrons. The Balaban J connectivity index is 1.88. The average Bonchev–Trinajstić information content (AvgIpc) is 3.30. The molecule has 0 aliphatic heterocycles. The lowest BCUT2D eigenvalue weighted by atomic mass is 10.1. The van der Waals surface area contributed by atoms with E-state index in [1.165, 1.54) is 17.5 Å². The number of amides is 2. The van der Waals surface area contributed by atoms with Gasteiger partial charge < -0.3 is 10.6 Å². The lowest BCUT2D eigenvalue weighted by Gasteiger charge is -2.09. The molecule has 1 aliphatic carbocycles. The third-order valence-corrected chi connectivity index (χ3v) is 4.92. The molecular weight excluding hydrogens is 310 g/mol. The van der Waals surface area contributed by atoms with Gasteiger partial charge in [-0.1, -0.05) is 6.92 Å². The van der Waals surface area contributed by atoms with Crippen molar-refractivity contribution in [1.29, 1.82) is 0 Å². The Hall–Kier alpha value is -2.21. The van der Waals surface area contributed by atoms with Gasteiger partial charge in [0, 0.05) is 23.3 Å². The zero-order valence-corrected chi connectivity index (χ0v) is 14.0. The van der Waals surface area contributed by atoms with Crippen LogP contribution in [0.5, 0.6) is 0 Å². The number of rotatable bonds is 5. The van der Waals surface area contributed by atoms with Crippen LogP contribution >= 0.6 is 11.3 Å². The summed E-state index contributed by atoms with van der Waals surface area (Å²) in [6, 6.07) is 3.70. The van der Waals surface area contributed by atoms with Gasteiger partial charge in [0.05, 0.1) is 11.1 Å². The van der Waals surface area contributed by atoms with Crippen LogP contribution in [0.1, 0.15) is 50.9 Å². The second-order valence-electron chi connectivity index (χ2n) is 5.64. The summed E-state index contributed by atoms with van der Waals surface area (Å²) in [4.78, 5) is 29.9. The number of hydrogen-bond acceptors (Lipinski definition) is 4. The fourth-order valence-corrected chi connectivity index (χ4v) is 3.63. The molecule has 2 N–H and O–H groups in total. The number of carbonyl (C=O) groups excluding carboxylic acids is 2. The molecule has 1 aliphatic rings. The number of carbonyl (C=O) groups is 2. The second kappa shape index (κ2) is 6.50. The fourth-order valence-electron chi connectivity index (χ4n) is 2.49. The minimum absolute atomic E-state index is 0.0878. The summed E-state index contributed by atoms with van der Waals surface area (Å²) in [5, 5.41) is 6.51. The maximum atomic E-state index is 12.6. The van der Waals surface area contributed by atoms with Crippen LogP contribution in [0.3, 0.4) is 0 Å². The average molecular weight is 329 g/mol. The van der Waals surface area contributed by atoms with Gasteiger partial charge >= 0.3 is 0 Å². The molecule has 1 fully saturated rings. The second-order valence-corrected chi connectivity index (χ2v) is 6.86. The van der Waals surface area contributed by atoms with E-state index in [4.69, 9.17) is 0 Å². The molecule has 6 heteroatoms. The van der Waals surface area contributed by atoms with Crippen molar-refractivity contribution in [1.82, 2.24) is 10.3 Å². The summed E-state index contributed by atoms with van der Waals surface area (Å²) in [5.41, 5.74) is 2.10. The number of aryl methyl sites for hydroxylation is 1. The fraction of sp³-hybridized carbons (Fsp3) is 0.353. The number of anilines is 1. The van der Waals surface area contributed by atoms with E-state index in [-0.39, 0.29) is 17.9 Å². The van der Waals surface area contributed by atoms with E-state index in [1.54, 1.807) is 18.3 Å². The van der Waals surface area contributed by atoms with Crippen LogP contribution in [0, 0.1) is 6.92 Å². The topological polar surface area (TPSA) is 71.1 Å². The third-order valence-electron chi connectivity index (χ3n) is 3.85. The third kappa shape index (κ3) is 3.42. The summed E-state index contributed by atoms with van der Waals surface area (Å²) in [5.74, 6) is -0.335. The van der Waals surface area contributed by atoms with E-state index >= 15 is 0 Å². The number of aromatic nitrogens is 1. The zero-order valence-electron chi connectivity index (χ0n) is 13.2. The molecule has 23 heavy (non-hydrogen) atoms. The summed E-state index contributed by atoms with van der Waals surface area (Å²) >= 11 is 1.45. The maximum Gasteiger partial charge on any atom is 0.257 e. The van der Waals surface area contributed by atoms with Gasteiger partial charge in [0.25, 0.3) is 11.8 Å². The Labute approximate surface area is 139 Å². The molecule has 0 unspecified atom stereocenters. The van der Waals surface area contributed by atoms with Crippen molar-refractivity contribution in [3.05, 3.63) is 46.1 Å². The first kappa shape index (κ1) is 15.7. The summed E-state index contributed by atoms with van der Waals surface area (Å²) < 4.78 is 0. The first-order valence-electron chi connectivity index (χ1n) is 7.74. The standard InChI is InChI=1S/C17H19N3O2S/c1-3-13-10(2)23-17(14(13)16(22)19-12-6-7-12)20-15(21)11-5-4-8-18-9-11/h4-5,8-9,12H,3,6-7H2,1-2H3,(H,19,22)(H,20,21). The monoisotopic (exact) mass is 329 g/mol. The lowest BCUT2D eigenvalue weighted by molar-refractivity contribution is 0.0951. The number of thiophene rings is 1. The van der Waals surface area contributed by atoms with Gasteiger partial charge in [0.2, 0.25) is 0 Å². The number of pyridine rings is 1. The lowest BCUT2D eigenvalue weighted by Crippen LogP contribution is -2.27. The highest BCUT2D eigenvalue weighted by Crippen LogP contribution is 2.34. The highest BCUT2D eigenvalue weighted by Gasteiger charge is 2.28. The van der Waals surface area contributed by atoms with E-state index in [0.29, 0.717) is 16.1 Å². The van der Waals surface area contributed by atoms with Crippen LogP contribution in [0.15, 0.2) is 24.5 Å². The first-order valence-corrected chi connectivity index (χ1v) is 8.56. The van der Waals surface area contributed by atoms with Crippen molar-refractivity contribution < 1.29 is 9.59 Å². The van der Waals surface area contributed by atoms with Crippen LogP contribution in [-0.2, 0) is 6.42 Å². The van der Waals surface area contributed by atoms with E-state index in [2.05, 4.69) is 15.6 Å². The van der Waals surface area contributed by atoms with Crippen LogP contribution in [0.2, 0.25) is 0 Å². The van der Waals surface area contributed by atoms with Crippen LogP contribution in [-0.4, -0.2) is 22.8 Å². The highest BCUT2D eigenvalue weighted by molar-refractivity contribution is 7.16. The quantitative estimate of drug-likeness (QED) is 0.885. The molecule has 0 saturated heterocycles. The normalized spacial score (nSPS) is 13.7. The predicted octanol–water partition coefficient (Wildman–Crippen LogP) is 3.16. The minimum atomic E-state index is -0.248. The van der Waals surface area contributed by atoms with Crippen molar-refractivity contribution in [2.45, 2.75) is 39.2 Å². The molecule has 2 aromatic rings. The molecule has 0 spiro atoms. The molecule has 2 heterocycles. The molecule has 1 saturated carbocycles. The van der Waals surface area contributed by atoms with Crippen LogP contribution in [0.25, 0.3) is 0 Å². The molecule has 3 rings (SSSR count). The molecule has 0 atom stereocenters. The van der Waals surface area contributed by atoms with Crippen molar-refractivity contribution in [3.63, 3.8) is 0 Å². The van der Waals surface area contributed by atoms with Gasteiger partial charge in [-0.3, -0.25) is 14.6 Å². The van der Waals surface area contributed by atoms with Crippen molar-refractivity contribution in [3.8, 4) is 0 Å². The minimum Gasteiger partial charge on any atom is -0.349 e. The SMILES string of the molecule is CCc1c(C)sc(NC(=O)c2cccnc2)c1C(=O)NC1CC1. The van der Waals surface area contributed by atoms with Gasteiger partial charge in [0.1, 0.15) is 5.00 Å². The first-order chi connectivity index (χ1) is 11.1. The van der Waals surface area contributed by atoms with E-state index in [9.17, 15) is 9.59 Å². The molecule has 2 amide bonds. The molecule has 0 aromatic carbocycles. The Morgan fingerprint density at radius 2 is 2.13 bits per heavy atom. The Morgan fingerprint density at radius 1 is 1.35 bits per heavy atom. The van der Waals surface area contributed by atoms with E-state index in [1.807, 2.05) is 13.8 Å². The van der Waals surface area contributed by atoms with E-state index in [0.717, 1.165) is 29.7 Å². The van der Waals surface area contributed by atoms with Gasteiger partial charge in [-0.15, -0.1) is 11.3 Å². The smallest absolute Gasteiger partial charge is 0.257 e. The summed E-state index contributed by atoms with van der Waals surface area (Å²) in [7, 11) is 0. The zero-order chi connectivity index (χ0) is 16.4. The maximum absolute atomic E-state index is 12.6. The molecule has 5 nitrogen and oxygen atoms in total. The molecule has 120 valence electrons. The van der Waals surface area contributed by atoms with Crippen molar-refractivity contribution in [2.75, 3.05) is 5.32 Å². The van der Waals surface area contributed by atoms with Gasteiger partial charge in [-0.25, -0.2) is 0 Å². The van der Waals surface area contributed by atoms with Gasteiger partial charge in [-0.05, 0) is 43.9 Å². The van der Waals surface area contributed by atoms with Gasteiger partial charge in [0.15, 0.2) is 0 Å². The molecule has 2 aromatic heterocycles. The number of hydrogen-bond donors (Lipinski definition) is 2. The van der Waals surface area contributed by atoms with Crippen molar-refractivity contribution >= 4 is 28.2 Å². The predicted molar refractivity (Wildman–Crippen MR) is 91.1 cm³/mol. The Morgan fingerprint density at radius 3 is 2.74 bits per heavy atom. The Kier molecular flexibility index (Phi) is 4.43. The largest absolute Gasteiger partial charge is 0.349 e. The molecular formula is C17H19N3O2S. The highest BCUT2D eigenvalue weighted by atomic mass is 32.1. The number of nitrogens with zero attached hydrogens (tertiary/aromatic N) is 1. The van der Waals surface area contributed by atoms with Crippen LogP contribution in [0.4, 0.5) is 5.00 Å². The van der Waals surface area contributed by atoms with Crippen molar-refractivity contribution in [2.24, 2.45) is 0 Å². The van der Waals surface area contributed by atoms with Crippen LogP contribution < -0.4 is 10.6 Å². The molecule has 0 bridgehead atoms. The van der Waals surface area contributed by atoms with Gasteiger partial charge in [-0.2, -0.15) is 0 Å². The number of nitrogens with one attached hydrogen (secondary N) is 2. The summed E-state index contributed by atoms with van der Waals surface area (Å²) in [6.45, 7) is 4.01. The Bertz CT molecular complexity index is 736. The summed E-state index contributed by atoms with van der Waals surface area (Å²) in [6.07, 6.45) is 5.97.